The molecule has 0 radical (unpaired) electrons. The number of hydrogen-bond acceptors (Lipinski definition) is 2. The highest BCUT2D eigenvalue weighted by Crippen LogP contribution is 2.13. The Morgan fingerprint density at radius 2 is 2.12 bits per heavy atom. The second-order valence-electron chi connectivity index (χ2n) is 5.01. The maximum atomic E-state index is 12.8. The minimum Gasteiger partial charge on any atom is -0.316 e. The summed E-state index contributed by atoms with van der Waals surface area (Å²) >= 11 is 0. The highest BCUT2D eigenvalue weighted by molar-refractivity contribution is 5.15. The van der Waals surface area contributed by atoms with Crippen molar-refractivity contribution in [2.24, 2.45) is 5.92 Å². The molecule has 1 aliphatic heterocycles. The Morgan fingerprint density at radius 3 is 2.76 bits per heavy atom. The van der Waals surface area contributed by atoms with Crippen LogP contribution in [0.2, 0.25) is 0 Å². The molecule has 17 heavy (non-hydrogen) atoms. The molecule has 1 aliphatic rings. The molecule has 0 aromatic heterocycles. The Morgan fingerprint density at radius 1 is 1.35 bits per heavy atom. The van der Waals surface area contributed by atoms with Gasteiger partial charge in [-0.2, -0.15) is 0 Å². The molecule has 2 rings (SSSR count). The van der Waals surface area contributed by atoms with Crippen LogP contribution in [0.15, 0.2) is 24.3 Å². The van der Waals surface area contributed by atoms with E-state index in [1.165, 1.54) is 43.6 Å². The van der Waals surface area contributed by atoms with Gasteiger partial charge in [-0.1, -0.05) is 12.1 Å². The van der Waals surface area contributed by atoms with Gasteiger partial charge < -0.3 is 10.2 Å². The molecule has 0 amide bonds. The van der Waals surface area contributed by atoms with Crippen LogP contribution in [0.5, 0.6) is 0 Å². The summed E-state index contributed by atoms with van der Waals surface area (Å²) in [6, 6.07) is 6.79. The Balaban J connectivity index is 1.72. The number of halogens is 1. The first-order chi connectivity index (χ1) is 8.24. The predicted octanol–water partition coefficient (Wildman–Crippen LogP) is 2.26. The van der Waals surface area contributed by atoms with Gasteiger partial charge >= 0.3 is 0 Å². The molecule has 94 valence electrons. The lowest BCUT2D eigenvalue weighted by Gasteiger charge is -2.18. The van der Waals surface area contributed by atoms with E-state index in [-0.39, 0.29) is 5.82 Å². The molecule has 2 nitrogen and oxygen atoms in total. The van der Waals surface area contributed by atoms with Gasteiger partial charge in [-0.05, 0) is 63.1 Å². The zero-order chi connectivity index (χ0) is 12.1. The van der Waals surface area contributed by atoms with E-state index in [0.717, 1.165) is 19.0 Å². The van der Waals surface area contributed by atoms with Crippen molar-refractivity contribution in [1.82, 2.24) is 10.2 Å². The van der Waals surface area contributed by atoms with Gasteiger partial charge in [-0.3, -0.25) is 0 Å². The maximum absolute atomic E-state index is 12.8. The lowest BCUT2D eigenvalue weighted by atomic mass is 10.0. The van der Waals surface area contributed by atoms with E-state index in [1.54, 1.807) is 0 Å². The summed E-state index contributed by atoms with van der Waals surface area (Å²) in [5.41, 5.74) is 1.18. The van der Waals surface area contributed by atoms with Gasteiger partial charge in [-0.15, -0.1) is 0 Å². The number of benzene rings is 1. The van der Waals surface area contributed by atoms with Crippen molar-refractivity contribution in [3.8, 4) is 0 Å². The number of hydrogen-bond donors (Lipinski definition) is 1. The Kier molecular flexibility index (Phi) is 4.51. The maximum Gasteiger partial charge on any atom is 0.123 e. The van der Waals surface area contributed by atoms with Crippen LogP contribution in [0.4, 0.5) is 4.39 Å². The first kappa shape index (κ1) is 12.5. The predicted molar refractivity (Wildman–Crippen MR) is 68.3 cm³/mol. The molecule has 1 fully saturated rings. The minimum atomic E-state index is -0.159. The van der Waals surface area contributed by atoms with Gasteiger partial charge in [-0.25, -0.2) is 4.39 Å². The number of nitrogens with one attached hydrogen (secondary N) is 1. The minimum absolute atomic E-state index is 0.159. The molecule has 1 heterocycles. The molecule has 1 unspecified atom stereocenters. The van der Waals surface area contributed by atoms with Crippen molar-refractivity contribution in [3.63, 3.8) is 0 Å². The zero-order valence-corrected chi connectivity index (χ0v) is 10.5. The fourth-order valence-corrected chi connectivity index (χ4v) is 2.34. The van der Waals surface area contributed by atoms with E-state index in [9.17, 15) is 4.39 Å². The molecule has 1 N–H and O–H groups in total. The molecule has 0 bridgehead atoms. The quantitative estimate of drug-likeness (QED) is 0.843. The summed E-state index contributed by atoms with van der Waals surface area (Å²) in [7, 11) is 2.13. The number of nitrogens with zero attached hydrogens (tertiary/aromatic N) is 1. The molecule has 1 aromatic rings. The zero-order valence-electron chi connectivity index (χ0n) is 10.5. The van der Waals surface area contributed by atoms with Crippen LogP contribution in [0.3, 0.4) is 0 Å². The van der Waals surface area contributed by atoms with Crippen LogP contribution in [0, 0.1) is 11.7 Å². The Hall–Kier alpha value is -0.930. The first-order valence-corrected chi connectivity index (χ1v) is 6.38. The third-order valence-electron chi connectivity index (χ3n) is 3.45. The molecule has 0 saturated carbocycles. The molecule has 3 heteroatoms. The van der Waals surface area contributed by atoms with Crippen molar-refractivity contribution >= 4 is 0 Å². The van der Waals surface area contributed by atoms with Crippen molar-refractivity contribution in [1.29, 1.82) is 0 Å². The molecule has 1 saturated heterocycles. The Bertz CT molecular complexity index is 331. The molecule has 0 aliphatic carbocycles. The summed E-state index contributed by atoms with van der Waals surface area (Å²) < 4.78 is 12.8. The summed E-state index contributed by atoms with van der Waals surface area (Å²) in [6.07, 6.45) is 2.56. The lowest BCUT2D eigenvalue weighted by Crippen LogP contribution is -2.22. The third kappa shape index (κ3) is 4.10. The van der Waals surface area contributed by atoms with Crippen LogP contribution in [0.1, 0.15) is 18.4 Å². The summed E-state index contributed by atoms with van der Waals surface area (Å²) in [6.45, 7) is 4.36. The standard InChI is InChI=1S/C14H21FN2/c1-17(9-7-12-6-8-16-10-12)11-13-2-4-14(15)5-3-13/h2-5,12,16H,6-11H2,1H3. The van der Waals surface area contributed by atoms with Gasteiger partial charge in [0, 0.05) is 6.54 Å². The highest BCUT2D eigenvalue weighted by atomic mass is 19.1. The summed E-state index contributed by atoms with van der Waals surface area (Å²) in [5.74, 6) is 0.680. The summed E-state index contributed by atoms with van der Waals surface area (Å²) in [5, 5.41) is 3.39. The smallest absolute Gasteiger partial charge is 0.123 e. The molecule has 0 spiro atoms. The van der Waals surface area contributed by atoms with Gasteiger partial charge in [0.05, 0.1) is 0 Å². The molecular weight excluding hydrogens is 215 g/mol. The molecular formula is C14H21FN2. The van der Waals surface area contributed by atoms with Gasteiger partial charge in [0.2, 0.25) is 0 Å². The van der Waals surface area contributed by atoms with Crippen LogP contribution in [-0.4, -0.2) is 31.6 Å². The van der Waals surface area contributed by atoms with Crippen LogP contribution in [0.25, 0.3) is 0 Å². The largest absolute Gasteiger partial charge is 0.316 e. The van der Waals surface area contributed by atoms with E-state index in [2.05, 4.69) is 17.3 Å². The third-order valence-corrected chi connectivity index (χ3v) is 3.45. The second kappa shape index (κ2) is 6.12. The van der Waals surface area contributed by atoms with Gasteiger partial charge in [0.15, 0.2) is 0 Å². The Labute approximate surface area is 103 Å². The van der Waals surface area contributed by atoms with E-state index in [0.29, 0.717) is 0 Å². The highest BCUT2D eigenvalue weighted by Gasteiger charge is 2.14. The van der Waals surface area contributed by atoms with Gasteiger partial charge in [0.1, 0.15) is 5.82 Å². The fraction of sp³-hybridized carbons (Fsp3) is 0.571. The first-order valence-electron chi connectivity index (χ1n) is 6.38. The van der Waals surface area contributed by atoms with Crippen molar-refractivity contribution in [2.45, 2.75) is 19.4 Å². The topological polar surface area (TPSA) is 15.3 Å². The molecule has 1 aromatic carbocycles. The van der Waals surface area contributed by atoms with Crippen molar-refractivity contribution in [3.05, 3.63) is 35.6 Å². The van der Waals surface area contributed by atoms with E-state index < -0.39 is 0 Å². The van der Waals surface area contributed by atoms with Crippen LogP contribution < -0.4 is 5.32 Å². The van der Waals surface area contributed by atoms with Crippen LogP contribution in [-0.2, 0) is 6.54 Å². The SMILES string of the molecule is CN(CCC1CCNC1)Cc1ccc(F)cc1. The van der Waals surface area contributed by atoms with Crippen molar-refractivity contribution in [2.75, 3.05) is 26.7 Å². The fourth-order valence-electron chi connectivity index (χ4n) is 2.34. The lowest BCUT2D eigenvalue weighted by molar-refractivity contribution is 0.298. The van der Waals surface area contributed by atoms with Gasteiger partial charge in [0.25, 0.3) is 0 Å². The average molecular weight is 236 g/mol. The second-order valence-corrected chi connectivity index (χ2v) is 5.01. The molecule has 1 atom stereocenters. The average Bonchev–Trinajstić information content (AvgIpc) is 2.83. The van der Waals surface area contributed by atoms with E-state index in [1.807, 2.05) is 12.1 Å². The van der Waals surface area contributed by atoms with Crippen molar-refractivity contribution < 1.29 is 4.39 Å². The van der Waals surface area contributed by atoms with Crippen LogP contribution >= 0.6 is 0 Å². The van der Waals surface area contributed by atoms with E-state index in [4.69, 9.17) is 0 Å². The number of rotatable bonds is 5. The summed E-state index contributed by atoms with van der Waals surface area (Å²) in [4.78, 5) is 2.31. The monoisotopic (exact) mass is 236 g/mol. The van der Waals surface area contributed by atoms with E-state index >= 15 is 0 Å². The normalized spacial score (nSPS) is 20.1.